The molecular formula is C30H21N7O2S2. The number of pyridine rings is 2. The van der Waals surface area contributed by atoms with Crippen LogP contribution in [-0.2, 0) is 0 Å². The molecule has 8 rings (SSSR count). The second-order valence-electron chi connectivity index (χ2n) is 9.58. The van der Waals surface area contributed by atoms with Crippen LogP contribution in [0.15, 0.2) is 160 Å². The minimum Gasteiger partial charge on any atom is -0.458 e. The maximum atomic E-state index is 6.58. The summed E-state index contributed by atoms with van der Waals surface area (Å²) in [5.74, 6) is 0. The van der Waals surface area contributed by atoms with Gasteiger partial charge in [0.05, 0.1) is 21.7 Å². The Morgan fingerprint density at radius 2 is 1.78 bits per heavy atom. The third-order valence-electron chi connectivity index (χ3n) is 7.74. The molecule has 11 heteroatoms. The number of nitrogens with one attached hydrogen (secondary N) is 1. The normalized spacial score (nSPS) is 18.5. The van der Waals surface area contributed by atoms with Crippen LogP contribution >= 0.6 is 19.8 Å². The molecule has 0 saturated carbocycles. The average molecular weight is 576 g/mol. The van der Waals surface area contributed by atoms with Gasteiger partial charge >= 0.3 is 0 Å². The van der Waals surface area contributed by atoms with Crippen LogP contribution in [0.2, 0.25) is 0 Å². The zero-order chi connectivity index (χ0) is 27.4. The lowest BCUT2D eigenvalue weighted by Crippen LogP contribution is -2.37. The second kappa shape index (κ2) is 8.19. The molecule has 0 radical (unpaired) electrons. The van der Waals surface area contributed by atoms with Gasteiger partial charge in [-0.3, -0.25) is 0 Å². The molecule has 6 aromatic heterocycles. The monoisotopic (exact) mass is 575 g/mol. The molecule has 1 aliphatic rings. The van der Waals surface area contributed by atoms with E-state index in [9.17, 15) is 0 Å². The van der Waals surface area contributed by atoms with Gasteiger partial charge in [-0.2, -0.15) is 0 Å². The molecule has 1 aromatic carbocycles. The molecule has 1 N–H and O–H groups in total. The van der Waals surface area contributed by atoms with E-state index in [0.717, 1.165) is 25.7 Å². The molecule has 0 saturated heterocycles. The van der Waals surface area contributed by atoms with Gasteiger partial charge in [0.2, 0.25) is 0 Å². The number of hydrogen-bond acceptors (Lipinski definition) is 9. The summed E-state index contributed by atoms with van der Waals surface area (Å²) in [5, 5.41) is 18.7. The Hall–Kier alpha value is -5.13. The molecular weight excluding hydrogens is 555 g/mol. The van der Waals surface area contributed by atoms with E-state index in [2.05, 4.69) is 27.5 Å². The highest BCUT2D eigenvalue weighted by Crippen LogP contribution is 3.13. The van der Waals surface area contributed by atoms with Crippen molar-refractivity contribution >= 4 is 41.3 Å². The quantitative estimate of drug-likeness (QED) is 0.213. The highest BCUT2D eigenvalue weighted by atomic mass is 32.4. The summed E-state index contributed by atoms with van der Waals surface area (Å²) in [6.07, 6.45) is 6.79. The summed E-state index contributed by atoms with van der Waals surface area (Å²) in [5.41, 5.74) is 1.74. The zero-order valence-corrected chi connectivity index (χ0v) is 23.0. The van der Waals surface area contributed by atoms with Crippen molar-refractivity contribution in [3.63, 3.8) is 0 Å². The number of fused-ring (bicyclic) bond motifs is 1. The van der Waals surface area contributed by atoms with Crippen molar-refractivity contribution in [1.29, 1.82) is 0 Å². The average Bonchev–Trinajstić information content (AvgIpc) is 3.87. The molecule has 1 aliphatic heterocycles. The van der Waals surface area contributed by atoms with Crippen LogP contribution in [0.5, 0.6) is 0 Å². The van der Waals surface area contributed by atoms with Gasteiger partial charge in [-0.15, -0.1) is 26.1 Å². The molecule has 7 aromatic rings. The van der Waals surface area contributed by atoms with Gasteiger partial charge in [0, 0.05) is 27.9 Å². The van der Waals surface area contributed by atoms with Crippen LogP contribution in [-0.4, -0.2) is 25.3 Å². The van der Waals surface area contributed by atoms with E-state index in [0.29, 0.717) is 26.5 Å². The highest BCUT2D eigenvalue weighted by molar-refractivity contribution is 8.69. The first-order valence-corrected chi connectivity index (χ1v) is 16.0. The lowest BCUT2D eigenvalue weighted by molar-refractivity contribution is 0.393. The molecule has 0 spiro atoms. The van der Waals surface area contributed by atoms with Crippen LogP contribution in [0.4, 0.5) is 0 Å². The number of benzene rings is 1. The van der Waals surface area contributed by atoms with Crippen molar-refractivity contribution in [3.05, 3.63) is 132 Å². The van der Waals surface area contributed by atoms with Crippen LogP contribution < -0.4 is 0 Å². The van der Waals surface area contributed by atoms with Crippen molar-refractivity contribution in [2.75, 3.05) is 0 Å². The van der Waals surface area contributed by atoms with Gasteiger partial charge in [0.15, 0.2) is 17.0 Å². The number of thiophene rings is 1. The minimum absolute atomic E-state index is 0.439. The number of rotatable bonds is 6. The number of H-pyrrole nitrogens is 1. The standard InChI is InChI=1S/C30H21N7O2S2/c1-2-9-22-21(8-1)14-15-27(33-22)41(26-12-5-17-32-26,28-13-6-18-38-28,25-11-3-4-16-31-25)30(24-10-7-19-40-24)29(35-37-41)23-20-39-36-34-23/h1-20,32H. The molecule has 7 heterocycles. The second-order valence-corrected chi connectivity index (χ2v) is 15.7. The van der Waals surface area contributed by atoms with E-state index in [1.54, 1.807) is 23.8 Å². The van der Waals surface area contributed by atoms with Gasteiger partial charge in [0.25, 0.3) is 0 Å². The Bertz CT molecular complexity index is 2050. The number of aromatic nitrogens is 5. The Morgan fingerprint density at radius 3 is 2.54 bits per heavy atom. The van der Waals surface area contributed by atoms with Gasteiger partial charge in [-0.05, 0) is 68.5 Å². The summed E-state index contributed by atoms with van der Waals surface area (Å²) in [6.45, 7) is 0. The summed E-state index contributed by atoms with van der Waals surface area (Å²) < 4.78 is 17.4. The van der Waals surface area contributed by atoms with Crippen LogP contribution in [0.25, 0.3) is 21.5 Å². The Morgan fingerprint density at radius 1 is 0.829 bits per heavy atom. The molecule has 0 amide bonds. The van der Waals surface area contributed by atoms with Crippen LogP contribution in [0.1, 0.15) is 10.6 Å². The third kappa shape index (κ3) is 2.58. The smallest absolute Gasteiger partial charge is 0.166 e. The molecule has 41 heavy (non-hydrogen) atoms. The van der Waals surface area contributed by atoms with Crippen molar-refractivity contribution < 1.29 is 8.94 Å². The van der Waals surface area contributed by atoms with Crippen molar-refractivity contribution in [1.82, 2.24) is 25.3 Å². The molecule has 0 bridgehead atoms. The van der Waals surface area contributed by atoms with Crippen LogP contribution in [0, 0.1) is 0 Å². The van der Waals surface area contributed by atoms with E-state index >= 15 is 0 Å². The van der Waals surface area contributed by atoms with Crippen molar-refractivity contribution in [2.45, 2.75) is 20.2 Å². The van der Waals surface area contributed by atoms with E-state index in [1.165, 1.54) is 6.26 Å². The maximum absolute atomic E-state index is 6.58. The first kappa shape index (κ1) is 23.7. The summed E-state index contributed by atoms with van der Waals surface area (Å²) in [6, 6.07) is 29.8. The van der Waals surface area contributed by atoms with Gasteiger partial charge in [-0.25, -0.2) is 9.97 Å². The summed E-state index contributed by atoms with van der Waals surface area (Å²) in [4.78, 5) is 15.8. The van der Waals surface area contributed by atoms with Crippen molar-refractivity contribution in [3.8, 4) is 0 Å². The Labute approximate surface area is 236 Å². The van der Waals surface area contributed by atoms with E-state index in [4.69, 9.17) is 28.5 Å². The molecule has 0 atom stereocenters. The summed E-state index contributed by atoms with van der Waals surface area (Å²) in [7, 11) is -5.06. The number of hydrogen-bond donors (Lipinski definition) is 1. The lowest BCUT2D eigenvalue weighted by Gasteiger charge is -2.69. The molecule has 0 aliphatic carbocycles. The predicted molar refractivity (Wildman–Crippen MR) is 156 cm³/mol. The SMILES string of the molecule is c1ccc(S2(c3ccc4ccccc4n3)(c3ccc[nH]3)(c3ccco3)N=NC(c3conn3)=C2c2cccs2)nc1. The van der Waals surface area contributed by atoms with E-state index in [1.807, 2.05) is 90.4 Å². The lowest BCUT2D eigenvalue weighted by atomic mass is 10.2. The first-order valence-electron chi connectivity index (χ1n) is 12.7. The molecule has 0 fully saturated rings. The highest BCUT2D eigenvalue weighted by Gasteiger charge is 2.78. The molecule has 9 nitrogen and oxygen atoms in total. The largest absolute Gasteiger partial charge is 0.458 e. The first-order chi connectivity index (χ1) is 20.2. The topological polar surface area (TPSA) is 118 Å². The minimum atomic E-state index is -5.06. The molecule has 200 valence electrons. The number of nitrogens with zero attached hydrogens (tertiary/aromatic N) is 6. The fourth-order valence-corrected chi connectivity index (χ4v) is 14.4. The van der Waals surface area contributed by atoms with Gasteiger partial charge < -0.3 is 13.9 Å². The molecule has 0 unspecified atom stereocenters. The van der Waals surface area contributed by atoms with Gasteiger partial charge in [0.1, 0.15) is 15.7 Å². The fourth-order valence-electron chi connectivity index (χ4n) is 6.05. The van der Waals surface area contributed by atoms with E-state index < -0.39 is 8.48 Å². The number of furan rings is 1. The van der Waals surface area contributed by atoms with Crippen LogP contribution in [0.3, 0.4) is 0 Å². The Balaban J connectivity index is 1.77. The maximum Gasteiger partial charge on any atom is 0.166 e. The zero-order valence-electron chi connectivity index (χ0n) is 21.4. The summed E-state index contributed by atoms with van der Waals surface area (Å²) >= 11 is 1.57. The third-order valence-corrected chi connectivity index (χ3v) is 15.7. The number of para-hydroxylation sites is 1. The number of aromatic amines is 1. The van der Waals surface area contributed by atoms with Gasteiger partial charge in [-0.1, -0.05) is 36.4 Å². The predicted octanol–water partition coefficient (Wildman–Crippen LogP) is 8.31. The fraction of sp³-hybridized carbons (Fsp3) is 0. The van der Waals surface area contributed by atoms with Crippen molar-refractivity contribution in [2.24, 2.45) is 9.63 Å². The van der Waals surface area contributed by atoms with E-state index in [-0.39, 0.29) is 0 Å². The Kier molecular flexibility index (Phi) is 4.74.